The van der Waals surface area contributed by atoms with E-state index < -0.39 is 0 Å². The second-order valence-electron chi connectivity index (χ2n) is 8.79. The van der Waals surface area contributed by atoms with Gasteiger partial charge in [-0.1, -0.05) is 6.92 Å². The first-order valence-electron chi connectivity index (χ1n) is 11.6. The van der Waals surface area contributed by atoms with Crippen molar-refractivity contribution in [2.45, 2.75) is 39.7 Å². The molecule has 1 amide bonds. The standard InChI is InChI=1S/C25H30FN3OS2/c1-3-19-20-6-9-29(17(2)30)15-25(20)32-24(19)7-8-27-10-12-28(13-11-27)22-16-31-23-5-4-18(26)14-21(22)23/h4-5,14,16H,3,6-13,15H2,1-2H3. The zero-order valence-electron chi connectivity index (χ0n) is 18.8. The fourth-order valence-electron chi connectivity index (χ4n) is 5.11. The van der Waals surface area contributed by atoms with Gasteiger partial charge in [-0.05, 0) is 48.6 Å². The molecule has 0 saturated carbocycles. The smallest absolute Gasteiger partial charge is 0.219 e. The number of amides is 1. The van der Waals surface area contributed by atoms with Crippen molar-refractivity contribution in [2.75, 3.05) is 44.2 Å². The van der Waals surface area contributed by atoms with E-state index in [-0.39, 0.29) is 11.7 Å². The van der Waals surface area contributed by atoms with Crippen LogP contribution >= 0.6 is 22.7 Å². The maximum atomic E-state index is 13.8. The Morgan fingerprint density at radius 1 is 1.16 bits per heavy atom. The van der Waals surface area contributed by atoms with Crippen LogP contribution in [0.25, 0.3) is 10.1 Å². The van der Waals surface area contributed by atoms with Crippen molar-refractivity contribution in [2.24, 2.45) is 0 Å². The van der Waals surface area contributed by atoms with Crippen LogP contribution in [0.2, 0.25) is 0 Å². The van der Waals surface area contributed by atoms with E-state index in [4.69, 9.17) is 0 Å². The highest BCUT2D eigenvalue weighted by atomic mass is 32.1. The molecule has 170 valence electrons. The summed E-state index contributed by atoms with van der Waals surface area (Å²) >= 11 is 3.63. The number of thiophene rings is 2. The lowest BCUT2D eigenvalue weighted by molar-refractivity contribution is -0.129. The summed E-state index contributed by atoms with van der Waals surface area (Å²) in [6.45, 7) is 10.7. The molecule has 4 nitrogen and oxygen atoms in total. The van der Waals surface area contributed by atoms with Gasteiger partial charge < -0.3 is 9.80 Å². The number of fused-ring (bicyclic) bond motifs is 2. The molecule has 1 fully saturated rings. The second-order valence-corrected chi connectivity index (χ2v) is 10.9. The van der Waals surface area contributed by atoms with E-state index >= 15 is 0 Å². The van der Waals surface area contributed by atoms with Crippen molar-refractivity contribution < 1.29 is 9.18 Å². The van der Waals surface area contributed by atoms with Crippen LogP contribution < -0.4 is 4.90 Å². The summed E-state index contributed by atoms with van der Waals surface area (Å²) in [4.78, 5) is 21.7. The molecular weight excluding hydrogens is 441 g/mol. The maximum absolute atomic E-state index is 13.8. The fourth-order valence-corrected chi connectivity index (χ4v) is 7.51. The van der Waals surface area contributed by atoms with Crippen LogP contribution in [0.1, 0.15) is 34.7 Å². The predicted octanol–water partition coefficient (Wildman–Crippen LogP) is 4.93. The number of anilines is 1. The van der Waals surface area contributed by atoms with Crippen LogP contribution in [0.15, 0.2) is 23.6 Å². The zero-order chi connectivity index (χ0) is 22.2. The highest BCUT2D eigenvalue weighted by Gasteiger charge is 2.25. The topological polar surface area (TPSA) is 26.8 Å². The summed E-state index contributed by atoms with van der Waals surface area (Å²) in [6.07, 6.45) is 3.17. The molecule has 0 spiro atoms. The van der Waals surface area contributed by atoms with Gasteiger partial charge >= 0.3 is 0 Å². The molecule has 2 aromatic heterocycles. The summed E-state index contributed by atoms with van der Waals surface area (Å²) in [5.41, 5.74) is 4.24. The van der Waals surface area contributed by atoms with Gasteiger partial charge in [0.1, 0.15) is 5.82 Å². The molecule has 0 unspecified atom stereocenters. The van der Waals surface area contributed by atoms with Crippen molar-refractivity contribution in [3.8, 4) is 0 Å². The van der Waals surface area contributed by atoms with Crippen molar-refractivity contribution >= 4 is 44.4 Å². The average molecular weight is 472 g/mol. The first-order valence-corrected chi connectivity index (χ1v) is 13.2. The maximum Gasteiger partial charge on any atom is 0.219 e. The summed E-state index contributed by atoms with van der Waals surface area (Å²) in [5, 5.41) is 3.22. The van der Waals surface area contributed by atoms with E-state index in [9.17, 15) is 9.18 Å². The van der Waals surface area contributed by atoms with Gasteiger partial charge in [-0.2, -0.15) is 0 Å². The molecule has 1 saturated heterocycles. The summed E-state index contributed by atoms with van der Waals surface area (Å²) in [5.74, 6) is 0.0234. The SMILES string of the molecule is CCc1c(CCN2CCN(c3csc4ccc(F)cc34)CC2)sc2c1CCN(C(C)=O)C2. The molecule has 5 rings (SSSR count). The van der Waals surface area contributed by atoms with Crippen LogP contribution in [0.3, 0.4) is 0 Å². The predicted molar refractivity (Wildman–Crippen MR) is 133 cm³/mol. The van der Waals surface area contributed by atoms with Gasteiger partial charge in [0.25, 0.3) is 0 Å². The Bertz CT molecular complexity index is 1130. The molecule has 1 aromatic carbocycles. The Kier molecular flexibility index (Phi) is 6.23. The normalized spacial score (nSPS) is 17.2. The monoisotopic (exact) mass is 471 g/mol. The van der Waals surface area contributed by atoms with Gasteiger partial charge in [0.05, 0.1) is 12.2 Å². The minimum absolute atomic E-state index is 0.160. The Morgan fingerprint density at radius 3 is 2.72 bits per heavy atom. The first kappa shape index (κ1) is 21.9. The minimum atomic E-state index is -0.160. The number of nitrogens with zero attached hydrogens (tertiary/aromatic N) is 3. The summed E-state index contributed by atoms with van der Waals surface area (Å²) in [6, 6.07) is 5.10. The Morgan fingerprint density at radius 2 is 1.97 bits per heavy atom. The molecule has 0 atom stereocenters. The lowest BCUT2D eigenvalue weighted by Crippen LogP contribution is -2.46. The van der Waals surface area contributed by atoms with Gasteiger partial charge in [0.2, 0.25) is 5.91 Å². The largest absolute Gasteiger partial charge is 0.368 e. The molecule has 0 bridgehead atoms. The Labute approximate surface area is 197 Å². The minimum Gasteiger partial charge on any atom is -0.368 e. The third kappa shape index (κ3) is 4.18. The lowest BCUT2D eigenvalue weighted by Gasteiger charge is -2.35. The van der Waals surface area contributed by atoms with Crippen molar-refractivity contribution in [3.63, 3.8) is 0 Å². The molecule has 7 heteroatoms. The number of hydrogen-bond donors (Lipinski definition) is 0. The number of piperazine rings is 1. The molecule has 2 aliphatic heterocycles. The van der Waals surface area contributed by atoms with Crippen LogP contribution in [-0.4, -0.2) is 55.0 Å². The Balaban J connectivity index is 1.21. The van der Waals surface area contributed by atoms with Crippen LogP contribution in [0.5, 0.6) is 0 Å². The van der Waals surface area contributed by atoms with Gasteiger partial charge in [0.15, 0.2) is 0 Å². The molecule has 3 aromatic rings. The number of carbonyl (C=O) groups excluding carboxylic acids is 1. The second kappa shape index (κ2) is 9.12. The van der Waals surface area contributed by atoms with Gasteiger partial charge in [0, 0.05) is 71.4 Å². The number of halogens is 1. The Hall–Kier alpha value is -1.96. The van der Waals surface area contributed by atoms with Gasteiger partial charge in [-0.3, -0.25) is 9.69 Å². The quantitative estimate of drug-likeness (QED) is 0.528. The van der Waals surface area contributed by atoms with E-state index in [0.717, 1.165) is 75.2 Å². The molecule has 4 heterocycles. The van der Waals surface area contributed by atoms with Crippen LogP contribution in [-0.2, 0) is 30.6 Å². The molecule has 32 heavy (non-hydrogen) atoms. The third-order valence-electron chi connectivity index (χ3n) is 6.93. The first-order chi connectivity index (χ1) is 15.5. The van der Waals surface area contributed by atoms with E-state index in [1.807, 2.05) is 22.3 Å². The number of benzene rings is 1. The molecule has 2 aliphatic rings. The van der Waals surface area contributed by atoms with Crippen molar-refractivity contribution in [1.82, 2.24) is 9.80 Å². The zero-order valence-corrected chi connectivity index (χ0v) is 20.5. The van der Waals surface area contributed by atoms with E-state index in [2.05, 4.69) is 22.1 Å². The lowest BCUT2D eigenvalue weighted by atomic mass is 9.99. The van der Waals surface area contributed by atoms with Crippen molar-refractivity contribution in [3.05, 3.63) is 50.3 Å². The third-order valence-corrected chi connectivity index (χ3v) is 9.20. The summed E-state index contributed by atoms with van der Waals surface area (Å²) < 4.78 is 14.9. The van der Waals surface area contributed by atoms with E-state index in [0.29, 0.717) is 0 Å². The van der Waals surface area contributed by atoms with Crippen LogP contribution in [0, 0.1) is 5.82 Å². The molecule has 0 aliphatic carbocycles. The number of hydrogen-bond acceptors (Lipinski definition) is 5. The highest BCUT2D eigenvalue weighted by molar-refractivity contribution is 7.17. The fraction of sp³-hybridized carbons (Fsp3) is 0.480. The highest BCUT2D eigenvalue weighted by Crippen LogP contribution is 2.35. The van der Waals surface area contributed by atoms with E-state index in [1.54, 1.807) is 36.0 Å². The molecule has 0 N–H and O–H groups in total. The van der Waals surface area contributed by atoms with Crippen molar-refractivity contribution in [1.29, 1.82) is 0 Å². The number of carbonyl (C=O) groups is 1. The van der Waals surface area contributed by atoms with Gasteiger partial charge in [-0.25, -0.2) is 4.39 Å². The van der Waals surface area contributed by atoms with Gasteiger partial charge in [-0.15, -0.1) is 22.7 Å². The molecular formula is C25H30FN3OS2. The summed E-state index contributed by atoms with van der Waals surface area (Å²) in [7, 11) is 0. The molecule has 0 radical (unpaired) electrons. The average Bonchev–Trinajstić information content (AvgIpc) is 3.37. The van der Waals surface area contributed by atoms with Crippen LogP contribution in [0.4, 0.5) is 10.1 Å². The van der Waals surface area contributed by atoms with E-state index in [1.165, 1.54) is 21.0 Å². The number of rotatable bonds is 5.